The highest BCUT2D eigenvalue weighted by Crippen LogP contribution is 2.88. The molecule has 4 saturated carbocycles. The lowest BCUT2D eigenvalue weighted by Gasteiger charge is -2.39. The number of hydrogen-bond donors (Lipinski definition) is 3. The average Bonchev–Trinajstić information content (AvgIpc) is 3.76. The van der Waals surface area contributed by atoms with Gasteiger partial charge in [-0.3, -0.25) is 48.5 Å². The summed E-state index contributed by atoms with van der Waals surface area (Å²) in [6.07, 6.45) is 7.03. The van der Waals surface area contributed by atoms with Gasteiger partial charge < -0.3 is 10.2 Å². The Morgan fingerprint density at radius 3 is 2.16 bits per heavy atom. The Morgan fingerprint density at radius 2 is 1.55 bits per heavy atom. The molecule has 1 heterocycles. The van der Waals surface area contributed by atoms with Crippen molar-refractivity contribution >= 4 is 75.7 Å². The molecule has 14 heteroatoms. The van der Waals surface area contributed by atoms with Gasteiger partial charge in [-0.25, -0.2) is 0 Å². The van der Waals surface area contributed by atoms with Gasteiger partial charge in [0.1, 0.15) is 21.8 Å². The minimum atomic E-state index is -2.74. The lowest BCUT2D eigenvalue weighted by Crippen LogP contribution is -2.54. The molecule has 0 aromatic carbocycles. The highest BCUT2D eigenvalue weighted by Gasteiger charge is 3.05. The summed E-state index contributed by atoms with van der Waals surface area (Å²) in [5.41, 5.74) is -12.6. The lowest BCUT2D eigenvalue weighted by atomic mass is 9.63. The molecule has 56 heavy (non-hydrogen) atoms. The molecule has 3 N–H and O–H groups in total. The van der Waals surface area contributed by atoms with E-state index in [-0.39, 0.29) is 42.7 Å². The summed E-state index contributed by atoms with van der Waals surface area (Å²) in [4.78, 5) is 129. The summed E-state index contributed by atoms with van der Waals surface area (Å²) in [6.45, 7) is 8.33. The molecule has 12 nitrogen and oxygen atoms in total. The largest absolute Gasteiger partial charge is 0.481 e. The van der Waals surface area contributed by atoms with E-state index in [1.807, 2.05) is 6.92 Å². The second-order valence-electron chi connectivity index (χ2n) is 17.1. The van der Waals surface area contributed by atoms with Gasteiger partial charge in [0, 0.05) is 17.1 Å². The first kappa shape index (κ1) is 40.3. The Labute approximate surface area is 333 Å². The molecule has 0 radical (unpaired) electrons. The molecule has 0 aromatic rings. The number of rotatable bonds is 12. The zero-order valence-electron chi connectivity index (χ0n) is 31.8. The van der Waals surface area contributed by atoms with Crippen molar-refractivity contribution in [2.45, 2.75) is 91.6 Å². The van der Waals surface area contributed by atoms with Crippen molar-refractivity contribution in [3.63, 3.8) is 0 Å². The molecule has 2 unspecified atom stereocenters. The van der Waals surface area contributed by atoms with Crippen molar-refractivity contribution in [1.29, 1.82) is 0 Å². The van der Waals surface area contributed by atoms with E-state index in [9.17, 15) is 39.0 Å². The summed E-state index contributed by atoms with van der Waals surface area (Å²) in [6, 6.07) is 0. The Balaban J connectivity index is 1.41. The SMILES string of the molecule is C/C=C\C(=O)[C@@]1(O)CC2C[C@H](C(=O)O)C[C@H](C)C2[C@@H]1C(=O)[C@]12C(=O)NC(=O)[C@]1(CCCCCC)[C@]21C(=O)C(Cl)=C([C@H]2[C@H](C)[C@@]23C(=O)C(Cl)=C(/C=C/C)C3=O)C1=O. The smallest absolute Gasteiger partial charge is 0.306 e. The van der Waals surface area contributed by atoms with Crippen LogP contribution in [-0.4, -0.2) is 68.3 Å². The van der Waals surface area contributed by atoms with Crippen molar-refractivity contribution < 1.29 is 53.4 Å². The average molecular weight is 811 g/mol. The fourth-order valence-corrected chi connectivity index (χ4v) is 13.3. The second-order valence-corrected chi connectivity index (χ2v) is 17.8. The minimum absolute atomic E-state index is 0.0237. The second kappa shape index (κ2) is 13.1. The van der Waals surface area contributed by atoms with Crippen LogP contribution in [-0.2, 0) is 43.2 Å². The number of Topliss-reactive ketones (excluding diaryl/α,β-unsaturated/α-hetero) is 5. The normalized spacial score (nSPS) is 42.6. The van der Waals surface area contributed by atoms with Crippen molar-refractivity contribution in [2.75, 3.05) is 0 Å². The summed E-state index contributed by atoms with van der Waals surface area (Å²) in [5, 5.41) is 23.6. The van der Waals surface area contributed by atoms with Gasteiger partial charge in [-0.15, -0.1) is 0 Å². The maximum Gasteiger partial charge on any atom is 0.306 e. The number of amides is 2. The number of hydrogen-bond acceptors (Lipinski definition) is 10. The van der Waals surface area contributed by atoms with Crippen LogP contribution in [0.5, 0.6) is 0 Å². The number of unbranched alkanes of at least 4 members (excludes halogenated alkanes) is 3. The highest BCUT2D eigenvalue weighted by molar-refractivity contribution is 6.57. The molecule has 7 aliphatic rings. The fraction of sp³-hybridized carbons (Fsp3) is 0.595. The number of fused-ring (bicyclic) bond motifs is 4. The molecular weight excluding hydrogens is 765 g/mol. The van der Waals surface area contributed by atoms with Crippen LogP contribution >= 0.6 is 23.2 Å². The number of aliphatic carboxylic acids is 1. The molecule has 2 spiro atoms. The Bertz CT molecular complexity index is 2100. The van der Waals surface area contributed by atoms with Crippen LogP contribution in [0.1, 0.15) is 86.0 Å². The van der Waals surface area contributed by atoms with E-state index < -0.39 is 132 Å². The topological polar surface area (TPSA) is 206 Å². The fourth-order valence-electron chi connectivity index (χ4n) is 12.7. The van der Waals surface area contributed by atoms with E-state index in [2.05, 4.69) is 5.32 Å². The predicted molar refractivity (Wildman–Crippen MR) is 199 cm³/mol. The number of ketones is 6. The quantitative estimate of drug-likeness (QED) is 0.108. The zero-order chi connectivity index (χ0) is 41.2. The van der Waals surface area contributed by atoms with Gasteiger partial charge in [-0.2, -0.15) is 0 Å². The van der Waals surface area contributed by atoms with E-state index in [4.69, 9.17) is 23.2 Å². The summed E-state index contributed by atoms with van der Waals surface area (Å²) in [7, 11) is 0. The van der Waals surface area contributed by atoms with Gasteiger partial charge in [0.15, 0.2) is 34.7 Å². The molecule has 0 bridgehead atoms. The Morgan fingerprint density at radius 1 is 0.875 bits per heavy atom. The van der Waals surface area contributed by atoms with E-state index in [1.54, 1.807) is 13.8 Å². The van der Waals surface area contributed by atoms with Gasteiger partial charge in [0.25, 0.3) is 0 Å². The monoisotopic (exact) mass is 809 g/mol. The number of imide groups is 1. The van der Waals surface area contributed by atoms with Crippen LogP contribution < -0.4 is 5.32 Å². The summed E-state index contributed by atoms with van der Waals surface area (Å²) < 4.78 is 0. The maximum absolute atomic E-state index is 15.9. The van der Waals surface area contributed by atoms with Crippen LogP contribution in [0.2, 0.25) is 0 Å². The van der Waals surface area contributed by atoms with Crippen LogP contribution in [0, 0.1) is 63.1 Å². The van der Waals surface area contributed by atoms with E-state index in [0.717, 1.165) is 12.5 Å². The van der Waals surface area contributed by atoms with Gasteiger partial charge in [0.05, 0.1) is 27.3 Å². The van der Waals surface area contributed by atoms with Crippen LogP contribution in [0.3, 0.4) is 0 Å². The number of carbonyl (C=O) groups is 9. The highest BCUT2D eigenvalue weighted by atomic mass is 35.5. The minimum Gasteiger partial charge on any atom is -0.481 e. The third-order valence-corrected chi connectivity index (χ3v) is 15.6. The van der Waals surface area contributed by atoms with Crippen molar-refractivity contribution in [1.82, 2.24) is 5.32 Å². The molecule has 6 aliphatic carbocycles. The standard InChI is InChI=1S/C42H45Cl2NO11/c1-6-9-10-11-14-39-36(54)45-37(55)42(39,32(49)27-24-18(4)15-20(35(52)53)16-21(24)17-38(27,56)23(46)13-8-3)41(39)31(48)25(29(44)34(41)51)26-19(5)40(26)30(47)22(12-7-2)28(43)33(40)50/h7-8,12-13,18-21,24,26-27,56H,6,9-11,14-17H2,1-5H3,(H,52,53)(H,45,54,55)/b12-7+,13-8-/t18-,19-,20+,21?,24?,26+,27+,38-,39+,40+,41-,42-/m0/s1. The van der Waals surface area contributed by atoms with Crippen molar-refractivity contribution in [3.8, 4) is 0 Å². The number of halogens is 2. The maximum atomic E-state index is 15.9. The molecule has 7 rings (SSSR count). The first-order valence-corrected chi connectivity index (χ1v) is 20.2. The van der Waals surface area contributed by atoms with E-state index in [1.165, 1.54) is 32.1 Å². The van der Waals surface area contributed by atoms with Crippen molar-refractivity contribution in [2.24, 2.45) is 63.1 Å². The Hall–Kier alpha value is -3.87. The first-order valence-electron chi connectivity index (χ1n) is 19.5. The molecule has 5 fully saturated rings. The predicted octanol–water partition coefficient (Wildman–Crippen LogP) is 4.53. The van der Waals surface area contributed by atoms with Crippen LogP contribution in [0.4, 0.5) is 0 Å². The van der Waals surface area contributed by atoms with Gasteiger partial charge in [-0.1, -0.05) is 87.9 Å². The molecule has 298 valence electrons. The van der Waals surface area contributed by atoms with E-state index in [0.29, 0.717) is 12.8 Å². The number of carboxylic acid groups (broad SMARTS) is 1. The van der Waals surface area contributed by atoms with Gasteiger partial charge in [0.2, 0.25) is 11.8 Å². The zero-order valence-corrected chi connectivity index (χ0v) is 33.3. The van der Waals surface area contributed by atoms with Crippen LogP contribution in [0.25, 0.3) is 0 Å². The number of carbonyl (C=O) groups excluding carboxylic acids is 8. The third-order valence-electron chi connectivity index (χ3n) is 14.8. The first-order chi connectivity index (χ1) is 26.3. The Kier molecular flexibility index (Phi) is 9.42. The summed E-state index contributed by atoms with van der Waals surface area (Å²) in [5.74, 6) is -15.8. The summed E-state index contributed by atoms with van der Waals surface area (Å²) >= 11 is 13.2. The van der Waals surface area contributed by atoms with Gasteiger partial charge >= 0.3 is 5.97 Å². The molecule has 1 saturated heterocycles. The van der Waals surface area contributed by atoms with Crippen LogP contribution in [0.15, 0.2) is 45.5 Å². The molecule has 2 amide bonds. The third kappa shape index (κ3) is 4.33. The molecular formula is C42H45Cl2NO11. The molecule has 1 aliphatic heterocycles. The number of nitrogens with one attached hydrogen (secondary N) is 1. The lowest BCUT2D eigenvalue weighted by molar-refractivity contribution is -0.155. The number of allylic oxidation sites excluding steroid dienone is 7. The molecule has 12 atom stereocenters. The van der Waals surface area contributed by atoms with Crippen molar-refractivity contribution in [3.05, 3.63) is 45.5 Å². The molecule has 0 aromatic heterocycles. The number of aliphatic hydroxyl groups is 1. The van der Waals surface area contributed by atoms with Gasteiger partial charge in [-0.05, 0) is 69.3 Å². The number of piperidine rings is 1. The number of carboxylic acids is 1. The van der Waals surface area contributed by atoms with E-state index >= 15 is 14.4 Å².